The van der Waals surface area contributed by atoms with Gasteiger partial charge in [0.05, 0.1) is 10.5 Å². The van der Waals surface area contributed by atoms with Crippen molar-refractivity contribution >= 4 is 33.1 Å². The fraction of sp³-hybridized carbons (Fsp3) is 0.484. The molecule has 2 aromatic carbocycles. The van der Waals surface area contributed by atoms with Crippen LogP contribution < -0.4 is 15.5 Å². The number of ether oxygens (including phenoxy) is 1. The highest BCUT2D eigenvalue weighted by atomic mass is 32.2. The molecule has 236 valence electrons. The van der Waals surface area contributed by atoms with Gasteiger partial charge < -0.3 is 25.2 Å². The topological polar surface area (TPSA) is 123 Å². The van der Waals surface area contributed by atoms with Crippen LogP contribution in [-0.4, -0.2) is 92.8 Å². The molecule has 0 atom stereocenters. The first-order valence-electron chi connectivity index (χ1n) is 15.1. The van der Waals surface area contributed by atoms with Gasteiger partial charge >= 0.3 is 0 Å². The second-order valence-corrected chi connectivity index (χ2v) is 14.5. The maximum absolute atomic E-state index is 13.9. The number of sulfonamides is 1. The normalized spacial score (nSPS) is 19.9. The van der Waals surface area contributed by atoms with Crippen LogP contribution in [0.3, 0.4) is 0 Å². The van der Waals surface area contributed by atoms with Crippen molar-refractivity contribution in [2.75, 3.05) is 68.5 Å². The number of hydrogen-bond acceptors (Lipinski definition) is 8. The predicted octanol–water partition coefficient (Wildman–Crippen LogP) is 3.63. The van der Waals surface area contributed by atoms with Gasteiger partial charge in [0.15, 0.2) is 5.82 Å². The zero-order chi connectivity index (χ0) is 31.1. The van der Waals surface area contributed by atoms with Crippen LogP contribution in [0, 0.1) is 5.82 Å². The second kappa shape index (κ2) is 12.1. The van der Waals surface area contributed by atoms with Crippen molar-refractivity contribution < 1.29 is 22.3 Å². The summed E-state index contributed by atoms with van der Waals surface area (Å²) in [4.78, 5) is 18.4. The van der Waals surface area contributed by atoms with Gasteiger partial charge in [-0.05, 0) is 56.3 Å². The Morgan fingerprint density at radius 2 is 1.84 bits per heavy atom. The van der Waals surface area contributed by atoms with Crippen LogP contribution in [-0.2, 0) is 26.7 Å². The molecule has 1 aromatic heterocycles. The van der Waals surface area contributed by atoms with Crippen LogP contribution in [0.1, 0.15) is 48.3 Å². The van der Waals surface area contributed by atoms with Crippen molar-refractivity contribution in [3.8, 4) is 0 Å². The third-order valence-corrected chi connectivity index (χ3v) is 10.6. The second-order valence-electron chi connectivity index (χ2n) is 12.5. The van der Waals surface area contributed by atoms with Gasteiger partial charge in [-0.1, -0.05) is 19.9 Å². The average molecular weight is 626 g/mol. The Labute approximate surface area is 257 Å². The Kier molecular flexibility index (Phi) is 8.40. The number of hydrogen-bond donors (Lipinski definition) is 3. The molecule has 3 aliphatic rings. The number of aromatic amines is 1. The highest BCUT2D eigenvalue weighted by Gasteiger charge is 2.41. The highest BCUT2D eigenvalue weighted by molar-refractivity contribution is 7.89. The Morgan fingerprint density at radius 3 is 2.57 bits per heavy atom. The van der Waals surface area contributed by atoms with E-state index < -0.39 is 21.3 Å². The van der Waals surface area contributed by atoms with Crippen LogP contribution in [0.4, 0.5) is 21.6 Å². The number of H-pyrrole nitrogens is 1. The van der Waals surface area contributed by atoms with E-state index in [1.807, 2.05) is 32.0 Å². The van der Waals surface area contributed by atoms with E-state index in [4.69, 9.17) is 4.74 Å². The minimum absolute atomic E-state index is 0.0146. The minimum atomic E-state index is -4.00. The number of likely N-dealkylation sites (N-methyl/N-ethyl adjacent to an activating group) is 1. The molecule has 44 heavy (non-hydrogen) atoms. The SMILES string of the molecule is CN1CCN(c2ccc(C(=O)Nc3n[nH]c4c3CN(S(=O)(=O)c3cccc(F)c3)CC4(C)C)c(NC3CCOCC3)c2)CC1. The molecule has 13 heteroatoms. The number of piperazine rings is 1. The summed E-state index contributed by atoms with van der Waals surface area (Å²) >= 11 is 0. The molecular formula is C31H40FN7O4S. The first-order valence-corrected chi connectivity index (χ1v) is 16.5. The summed E-state index contributed by atoms with van der Waals surface area (Å²) in [5.74, 6) is -0.692. The molecule has 11 nitrogen and oxygen atoms in total. The summed E-state index contributed by atoms with van der Waals surface area (Å²) in [6, 6.07) is 11.1. The zero-order valence-electron chi connectivity index (χ0n) is 25.4. The van der Waals surface area contributed by atoms with Gasteiger partial charge in [0.1, 0.15) is 5.82 Å². The lowest BCUT2D eigenvalue weighted by atomic mass is 9.84. The molecule has 2 fully saturated rings. The molecule has 3 aliphatic heterocycles. The number of nitrogens with one attached hydrogen (secondary N) is 3. The third kappa shape index (κ3) is 6.19. The first-order chi connectivity index (χ1) is 21.0. The molecule has 0 radical (unpaired) electrons. The predicted molar refractivity (Wildman–Crippen MR) is 167 cm³/mol. The number of fused-ring (bicyclic) bond motifs is 1. The van der Waals surface area contributed by atoms with Crippen LogP contribution in [0.25, 0.3) is 0 Å². The summed E-state index contributed by atoms with van der Waals surface area (Å²) in [5, 5.41) is 14.0. The molecule has 0 saturated carbocycles. The van der Waals surface area contributed by atoms with Crippen LogP contribution in [0.2, 0.25) is 0 Å². The lowest BCUT2D eigenvalue weighted by Gasteiger charge is -2.37. The van der Waals surface area contributed by atoms with E-state index in [1.54, 1.807) is 0 Å². The number of benzene rings is 2. The quantitative estimate of drug-likeness (QED) is 0.364. The van der Waals surface area contributed by atoms with E-state index in [0.717, 1.165) is 62.2 Å². The first kappa shape index (κ1) is 30.5. The average Bonchev–Trinajstić information content (AvgIpc) is 3.41. The molecule has 0 bridgehead atoms. The van der Waals surface area contributed by atoms with E-state index in [9.17, 15) is 17.6 Å². The van der Waals surface area contributed by atoms with Gasteiger partial charge in [-0.2, -0.15) is 9.40 Å². The molecule has 2 saturated heterocycles. The number of nitrogens with zero attached hydrogens (tertiary/aromatic N) is 4. The van der Waals surface area contributed by atoms with Crippen molar-refractivity contribution in [2.24, 2.45) is 0 Å². The Morgan fingerprint density at radius 1 is 1.09 bits per heavy atom. The summed E-state index contributed by atoms with van der Waals surface area (Å²) in [5.41, 5.74) is 2.98. The van der Waals surface area contributed by atoms with Gasteiger partial charge in [-0.15, -0.1) is 0 Å². The summed E-state index contributed by atoms with van der Waals surface area (Å²) in [6.07, 6.45) is 1.69. The van der Waals surface area contributed by atoms with Crippen LogP contribution in [0.5, 0.6) is 0 Å². The van der Waals surface area contributed by atoms with Crippen LogP contribution in [0.15, 0.2) is 47.4 Å². The van der Waals surface area contributed by atoms with Gasteiger partial charge in [-0.25, -0.2) is 12.8 Å². The minimum Gasteiger partial charge on any atom is -0.381 e. The van der Waals surface area contributed by atoms with Crippen molar-refractivity contribution in [2.45, 2.75) is 49.6 Å². The van der Waals surface area contributed by atoms with Gasteiger partial charge in [-0.3, -0.25) is 9.89 Å². The summed E-state index contributed by atoms with van der Waals surface area (Å²) < 4.78 is 47.9. The van der Waals surface area contributed by atoms with Gasteiger partial charge in [0, 0.05) is 86.6 Å². The number of rotatable bonds is 7. The lowest BCUT2D eigenvalue weighted by Crippen LogP contribution is -2.45. The molecule has 3 N–H and O–H groups in total. The molecule has 0 unspecified atom stereocenters. The summed E-state index contributed by atoms with van der Waals surface area (Å²) in [6.45, 7) is 9.07. The molecule has 6 rings (SSSR count). The van der Waals surface area contributed by atoms with E-state index in [-0.39, 0.29) is 35.8 Å². The van der Waals surface area contributed by atoms with E-state index >= 15 is 0 Å². The van der Waals surface area contributed by atoms with Crippen molar-refractivity contribution in [3.63, 3.8) is 0 Å². The fourth-order valence-corrected chi connectivity index (χ4v) is 7.83. The lowest BCUT2D eigenvalue weighted by molar-refractivity contribution is 0.0904. The Hall–Kier alpha value is -3.52. The maximum Gasteiger partial charge on any atom is 0.258 e. The standard InChI is InChI=1S/C31H40FN7O4S/c1-31(2)20-39(44(41,42)24-6-4-5-21(32)17-24)19-26-28(31)35-36-29(26)34-30(40)25-8-7-23(38-13-11-37(3)12-14-38)18-27(25)33-22-9-15-43-16-10-22/h4-8,17-18,22,33H,9-16,19-20H2,1-3H3,(H2,34,35,36,40). The Bertz CT molecular complexity index is 1630. The molecule has 4 heterocycles. The molecule has 1 amide bonds. The fourth-order valence-electron chi connectivity index (χ4n) is 6.23. The van der Waals surface area contributed by atoms with E-state index in [2.05, 4.69) is 37.7 Å². The number of carbonyl (C=O) groups excluding carboxylic acids is 1. The number of halogens is 1. The van der Waals surface area contributed by atoms with E-state index in [1.165, 1.54) is 22.5 Å². The van der Waals surface area contributed by atoms with Crippen molar-refractivity contribution in [3.05, 3.63) is 65.1 Å². The van der Waals surface area contributed by atoms with Crippen LogP contribution >= 0.6 is 0 Å². The zero-order valence-corrected chi connectivity index (χ0v) is 26.2. The highest BCUT2D eigenvalue weighted by Crippen LogP contribution is 2.38. The maximum atomic E-state index is 13.9. The van der Waals surface area contributed by atoms with Gasteiger partial charge in [0.2, 0.25) is 10.0 Å². The van der Waals surface area contributed by atoms with E-state index in [0.29, 0.717) is 24.3 Å². The third-order valence-electron chi connectivity index (χ3n) is 8.81. The summed E-state index contributed by atoms with van der Waals surface area (Å²) in [7, 11) is -1.89. The smallest absolute Gasteiger partial charge is 0.258 e. The number of aromatic nitrogens is 2. The molecular weight excluding hydrogens is 585 g/mol. The molecule has 0 aliphatic carbocycles. The number of carbonyl (C=O) groups is 1. The number of amides is 1. The van der Waals surface area contributed by atoms with Crippen molar-refractivity contribution in [1.82, 2.24) is 19.4 Å². The number of anilines is 3. The molecule has 0 spiro atoms. The van der Waals surface area contributed by atoms with Crippen molar-refractivity contribution in [1.29, 1.82) is 0 Å². The largest absolute Gasteiger partial charge is 0.381 e. The molecule has 3 aromatic rings. The van der Waals surface area contributed by atoms with Gasteiger partial charge in [0.25, 0.3) is 5.91 Å². The Balaban J connectivity index is 1.28. The monoisotopic (exact) mass is 625 g/mol.